The molecule has 0 aliphatic carbocycles. The molecule has 0 spiro atoms. The quantitative estimate of drug-likeness (QED) is 0.843. The van der Waals surface area contributed by atoms with Crippen LogP contribution in [0.1, 0.15) is 12.2 Å². The van der Waals surface area contributed by atoms with Gasteiger partial charge in [0.15, 0.2) is 5.82 Å². The number of pyridine rings is 1. The molecule has 0 unspecified atom stereocenters. The van der Waals surface area contributed by atoms with Crippen LogP contribution in [0.5, 0.6) is 0 Å². The molecule has 2 heterocycles. The molecule has 0 aliphatic heterocycles. The molecular weight excluding hydrogens is 226 g/mol. The van der Waals surface area contributed by atoms with Gasteiger partial charge in [-0.3, -0.25) is 10.1 Å². The number of aromatic amines is 1. The highest BCUT2D eigenvalue weighted by atomic mass is 35.5. The van der Waals surface area contributed by atoms with Crippen LogP contribution < -0.4 is 5.73 Å². The van der Waals surface area contributed by atoms with Gasteiger partial charge in [0, 0.05) is 12.6 Å². The maximum atomic E-state index is 5.75. The van der Waals surface area contributed by atoms with E-state index in [1.165, 1.54) is 0 Å². The Kier molecular flexibility index (Phi) is 3.48. The molecule has 0 fully saturated rings. The minimum Gasteiger partial charge on any atom is -0.330 e. The molecule has 0 atom stereocenters. The van der Waals surface area contributed by atoms with Gasteiger partial charge in [0.1, 0.15) is 11.5 Å². The lowest BCUT2D eigenvalue weighted by Crippen LogP contribution is -2.01. The molecule has 0 aliphatic rings. The van der Waals surface area contributed by atoms with Crippen LogP contribution in [0.25, 0.3) is 11.5 Å². The van der Waals surface area contributed by atoms with Crippen LogP contribution in [-0.2, 0) is 6.42 Å². The summed E-state index contributed by atoms with van der Waals surface area (Å²) in [7, 11) is 0. The van der Waals surface area contributed by atoms with E-state index >= 15 is 0 Å². The first-order chi connectivity index (χ1) is 7.79. The van der Waals surface area contributed by atoms with Crippen molar-refractivity contribution in [3.05, 3.63) is 29.2 Å². The van der Waals surface area contributed by atoms with E-state index in [-0.39, 0.29) is 0 Å². The average Bonchev–Trinajstić information content (AvgIpc) is 2.76. The van der Waals surface area contributed by atoms with E-state index in [0.29, 0.717) is 23.1 Å². The molecule has 0 bridgehead atoms. The smallest absolute Gasteiger partial charge is 0.199 e. The summed E-state index contributed by atoms with van der Waals surface area (Å²) < 4.78 is 0. The second-order valence-corrected chi connectivity index (χ2v) is 3.80. The Labute approximate surface area is 98.1 Å². The molecular formula is C10H12ClN5. The summed E-state index contributed by atoms with van der Waals surface area (Å²) in [6, 6.07) is 3.55. The van der Waals surface area contributed by atoms with Crippen molar-refractivity contribution < 1.29 is 0 Å². The zero-order chi connectivity index (χ0) is 11.4. The van der Waals surface area contributed by atoms with Crippen LogP contribution in [0.3, 0.4) is 0 Å². The molecule has 16 heavy (non-hydrogen) atoms. The fourth-order valence-electron chi connectivity index (χ4n) is 1.30. The Hall–Kier alpha value is -1.46. The van der Waals surface area contributed by atoms with Crippen LogP contribution in [0.4, 0.5) is 0 Å². The molecule has 0 radical (unpaired) electrons. The number of halogens is 1. The second kappa shape index (κ2) is 5.05. The molecule has 0 aromatic carbocycles. The van der Waals surface area contributed by atoms with Gasteiger partial charge >= 0.3 is 0 Å². The van der Waals surface area contributed by atoms with E-state index < -0.39 is 0 Å². The minimum atomic E-state index is 0.587. The van der Waals surface area contributed by atoms with Gasteiger partial charge in [-0.25, -0.2) is 4.98 Å². The third-order valence-corrected chi connectivity index (χ3v) is 2.33. The molecule has 2 aromatic heterocycles. The Morgan fingerprint density at radius 1 is 1.38 bits per heavy atom. The minimum absolute atomic E-state index is 0.587. The van der Waals surface area contributed by atoms with Crippen LogP contribution >= 0.6 is 11.6 Å². The molecule has 5 nitrogen and oxygen atoms in total. The third kappa shape index (κ3) is 2.56. The standard InChI is InChI=1S/C10H12ClN5/c11-7-3-4-8(13-6-7)10-14-9(15-16-10)2-1-5-12/h3-4,6H,1-2,5,12H2,(H,14,15,16). The topological polar surface area (TPSA) is 80.5 Å². The molecule has 6 heteroatoms. The van der Waals surface area contributed by atoms with E-state index in [4.69, 9.17) is 17.3 Å². The number of hydrogen-bond donors (Lipinski definition) is 2. The Bertz CT molecular complexity index is 450. The maximum Gasteiger partial charge on any atom is 0.199 e. The summed E-state index contributed by atoms with van der Waals surface area (Å²) in [6.45, 7) is 0.648. The number of hydrogen-bond acceptors (Lipinski definition) is 4. The number of H-pyrrole nitrogens is 1. The fraction of sp³-hybridized carbons (Fsp3) is 0.300. The lowest BCUT2D eigenvalue weighted by molar-refractivity contribution is 0.785. The van der Waals surface area contributed by atoms with Crippen molar-refractivity contribution in [3.63, 3.8) is 0 Å². The van der Waals surface area contributed by atoms with Gasteiger partial charge in [0.05, 0.1) is 5.02 Å². The number of nitrogens with one attached hydrogen (secondary N) is 1. The van der Waals surface area contributed by atoms with E-state index in [1.807, 2.05) is 0 Å². The van der Waals surface area contributed by atoms with Crippen LogP contribution in [0, 0.1) is 0 Å². The molecule has 0 saturated carbocycles. The summed E-state index contributed by atoms with van der Waals surface area (Å²) in [6.07, 6.45) is 3.27. The van der Waals surface area contributed by atoms with Gasteiger partial charge in [-0.15, -0.1) is 0 Å². The van der Waals surface area contributed by atoms with Gasteiger partial charge in [-0.1, -0.05) is 11.6 Å². The lowest BCUT2D eigenvalue weighted by atomic mass is 10.3. The average molecular weight is 238 g/mol. The van der Waals surface area contributed by atoms with Gasteiger partial charge in [0.25, 0.3) is 0 Å². The largest absolute Gasteiger partial charge is 0.330 e. The predicted molar refractivity (Wildman–Crippen MR) is 62.0 cm³/mol. The zero-order valence-electron chi connectivity index (χ0n) is 8.65. The van der Waals surface area contributed by atoms with Crippen LogP contribution in [0.15, 0.2) is 18.3 Å². The second-order valence-electron chi connectivity index (χ2n) is 3.36. The highest BCUT2D eigenvalue weighted by Gasteiger charge is 2.06. The van der Waals surface area contributed by atoms with Crippen molar-refractivity contribution in [2.45, 2.75) is 12.8 Å². The summed E-state index contributed by atoms with van der Waals surface area (Å²) in [4.78, 5) is 8.46. The number of rotatable bonds is 4. The maximum absolute atomic E-state index is 5.75. The van der Waals surface area contributed by atoms with Gasteiger partial charge in [-0.2, -0.15) is 5.10 Å². The van der Waals surface area contributed by atoms with Crippen molar-refractivity contribution in [1.82, 2.24) is 20.2 Å². The third-order valence-electron chi connectivity index (χ3n) is 2.11. The van der Waals surface area contributed by atoms with E-state index in [2.05, 4.69) is 20.2 Å². The summed E-state index contributed by atoms with van der Waals surface area (Å²) >= 11 is 5.75. The van der Waals surface area contributed by atoms with Crippen molar-refractivity contribution >= 4 is 11.6 Å². The van der Waals surface area contributed by atoms with E-state index in [9.17, 15) is 0 Å². The predicted octanol–water partition coefficient (Wildman–Crippen LogP) is 1.41. The molecule has 84 valence electrons. The first-order valence-corrected chi connectivity index (χ1v) is 5.40. The zero-order valence-corrected chi connectivity index (χ0v) is 9.41. The number of nitrogens with two attached hydrogens (primary N) is 1. The normalized spacial score (nSPS) is 10.6. The van der Waals surface area contributed by atoms with Crippen LogP contribution in [0.2, 0.25) is 5.02 Å². The van der Waals surface area contributed by atoms with Crippen molar-refractivity contribution in [2.75, 3.05) is 6.54 Å². The first-order valence-electron chi connectivity index (χ1n) is 5.03. The van der Waals surface area contributed by atoms with Gasteiger partial charge in [-0.05, 0) is 25.1 Å². The first kappa shape index (κ1) is 11.0. The fourth-order valence-corrected chi connectivity index (χ4v) is 1.41. The number of nitrogens with zero attached hydrogens (tertiary/aromatic N) is 3. The van der Waals surface area contributed by atoms with Crippen LogP contribution in [-0.4, -0.2) is 26.7 Å². The lowest BCUT2D eigenvalue weighted by Gasteiger charge is -1.93. The molecule has 2 rings (SSSR count). The molecule has 3 N–H and O–H groups in total. The van der Waals surface area contributed by atoms with Crippen molar-refractivity contribution in [1.29, 1.82) is 0 Å². The molecule has 0 saturated heterocycles. The Morgan fingerprint density at radius 3 is 2.94 bits per heavy atom. The van der Waals surface area contributed by atoms with E-state index in [1.54, 1.807) is 18.3 Å². The Balaban J connectivity index is 2.15. The Morgan fingerprint density at radius 2 is 2.25 bits per heavy atom. The van der Waals surface area contributed by atoms with Gasteiger partial charge < -0.3 is 5.73 Å². The monoisotopic (exact) mass is 237 g/mol. The number of aromatic nitrogens is 4. The molecule has 0 amide bonds. The van der Waals surface area contributed by atoms with E-state index in [0.717, 1.165) is 18.7 Å². The highest BCUT2D eigenvalue weighted by Crippen LogP contribution is 2.14. The van der Waals surface area contributed by atoms with Crippen molar-refractivity contribution in [2.24, 2.45) is 5.73 Å². The molecule has 2 aromatic rings. The van der Waals surface area contributed by atoms with Gasteiger partial charge in [0.2, 0.25) is 0 Å². The number of aryl methyl sites for hydroxylation is 1. The SMILES string of the molecule is NCCCc1nc(-c2ccc(Cl)cn2)n[nH]1. The highest BCUT2D eigenvalue weighted by molar-refractivity contribution is 6.30. The van der Waals surface area contributed by atoms with Crippen molar-refractivity contribution in [3.8, 4) is 11.5 Å². The summed E-state index contributed by atoms with van der Waals surface area (Å²) in [5.74, 6) is 1.42. The summed E-state index contributed by atoms with van der Waals surface area (Å²) in [5.41, 5.74) is 6.13. The summed E-state index contributed by atoms with van der Waals surface area (Å²) in [5, 5.41) is 7.55.